The normalized spacial score (nSPS) is 35.6. The average molecular weight is 314 g/mol. The minimum atomic E-state index is -0.826. The number of carboxylic acid groups (broad SMARTS) is 1. The van der Waals surface area contributed by atoms with Gasteiger partial charge in [0.15, 0.2) is 0 Å². The number of amides is 2. The molecule has 0 aromatic carbocycles. The summed E-state index contributed by atoms with van der Waals surface area (Å²) in [4.78, 5) is 23.5. The van der Waals surface area contributed by atoms with Crippen molar-refractivity contribution in [1.29, 1.82) is 0 Å². The molecule has 21 heavy (non-hydrogen) atoms. The first-order valence-electron chi connectivity index (χ1n) is 7.87. The Morgan fingerprint density at radius 1 is 1.29 bits per heavy atom. The van der Waals surface area contributed by atoms with Crippen molar-refractivity contribution in [2.24, 2.45) is 5.41 Å². The molecule has 2 amide bonds. The summed E-state index contributed by atoms with van der Waals surface area (Å²) in [7, 11) is 0. The topological polar surface area (TPSA) is 78.4 Å². The van der Waals surface area contributed by atoms with Crippen LogP contribution >= 0.6 is 11.8 Å². The van der Waals surface area contributed by atoms with Crippen LogP contribution in [0.5, 0.6) is 0 Å². The maximum absolute atomic E-state index is 12.1. The average Bonchev–Trinajstić information content (AvgIpc) is 2.99. The van der Waals surface area contributed by atoms with Gasteiger partial charge in [0.2, 0.25) is 0 Å². The van der Waals surface area contributed by atoms with E-state index in [1.807, 2.05) is 11.8 Å². The zero-order valence-corrected chi connectivity index (χ0v) is 13.7. The molecule has 4 unspecified atom stereocenters. The first-order chi connectivity index (χ1) is 9.95. The van der Waals surface area contributed by atoms with Crippen molar-refractivity contribution >= 4 is 23.8 Å². The molecule has 0 aromatic heterocycles. The van der Waals surface area contributed by atoms with Gasteiger partial charge in [0.1, 0.15) is 0 Å². The van der Waals surface area contributed by atoms with Crippen LogP contribution in [0.1, 0.15) is 52.4 Å². The molecular weight excluding hydrogens is 288 g/mol. The molecule has 2 saturated carbocycles. The summed E-state index contributed by atoms with van der Waals surface area (Å²) in [6.45, 7) is 3.89. The largest absolute Gasteiger partial charge is 0.481 e. The summed E-state index contributed by atoms with van der Waals surface area (Å²) in [5.74, 6) is 0.299. The van der Waals surface area contributed by atoms with E-state index in [4.69, 9.17) is 0 Å². The Bertz CT molecular complexity index is 404. The molecule has 3 N–H and O–H groups in total. The number of hydrogen-bond donors (Lipinski definition) is 3. The van der Waals surface area contributed by atoms with E-state index in [1.54, 1.807) is 6.92 Å². The number of carbonyl (C=O) groups is 2. The third-order valence-corrected chi connectivity index (χ3v) is 6.11. The van der Waals surface area contributed by atoms with Crippen LogP contribution in [0.3, 0.4) is 0 Å². The quantitative estimate of drug-likeness (QED) is 0.729. The monoisotopic (exact) mass is 314 g/mol. The van der Waals surface area contributed by atoms with Crippen molar-refractivity contribution in [3.05, 3.63) is 0 Å². The van der Waals surface area contributed by atoms with E-state index in [0.717, 1.165) is 37.9 Å². The second kappa shape index (κ2) is 6.90. The number of nitrogens with one attached hydrogen (secondary N) is 2. The second-order valence-electron chi connectivity index (χ2n) is 6.37. The van der Waals surface area contributed by atoms with Gasteiger partial charge < -0.3 is 15.7 Å². The predicted octanol–water partition coefficient (Wildman–Crippen LogP) is 2.60. The van der Waals surface area contributed by atoms with Crippen LogP contribution in [-0.2, 0) is 4.79 Å². The number of hydrogen-bond acceptors (Lipinski definition) is 3. The maximum Gasteiger partial charge on any atom is 0.315 e. The Kier molecular flexibility index (Phi) is 5.41. The van der Waals surface area contributed by atoms with Gasteiger partial charge in [-0.15, -0.1) is 0 Å². The molecule has 2 fully saturated rings. The highest BCUT2D eigenvalue weighted by Crippen LogP contribution is 2.38. The lowest BCUT2D eigenvalue weighted by Crippen LogP contribution is -2.51. The fraction of sp³-hybridized carbons (Fsp3) is 0.867. The highest BCUT2D eigenvalue weighted by Gasteiger charge is 2.46. The summed E-state index contributed by atoms with van der Waals surface area (Å²) in [5.41, 5.74) is -0.826. The molecule has 0 aromatic rings. The van der Waals surface area contributed by atoms with Crippen LogP contribution in [0.15, 0.2) is 0 Å². The minimum absolute atomic E-state index is 0.207. The van der Waals surface area contributed by atoms with E-state index in [-0.39, 0.29) is 18.1 Å². The summed E-state index contributed by atoms with van der Waals surface area (Å²) in [5, 5.41) is 15.9. The summed E-state index contributed by atoms with van der Waals surface area (Å²) >= 11 is 1.96. The highest BCUT2D eigenvalue weighted by molar-refractivity contribution is 7.99. The summed E-state index contributed by atoms with van der Waals surface area (Å²) in [6.07, 6.45) is 5.42. The van der Waals surface area contributed by atoms with Crippen molar-refractivity contribution in [1.82, 2.24) is 10.6 Å². The Hall–Kier alpha value is -0.910. The minimum Gasteiger partial charge on any atom is -0.481 e. The zero-order valence-electron chi connectivity index (χ0n) is 12.9. The number of rotatable bonds is 5. The number of aliphatic carboxylic acids is 1. The lowest BCUT2D eigenvalue weighted by Gasteiger charge is -2.28. The number of carboxylic acids is 1. The molecule has 5 nitrogen and oxygen atoms in total. The van der Waals surface area contributed by atoms with Crippen molar-refractivity contribution in [2.45, 2.75) is 69.7 Å². The molecule has 0 radical (unpaired) electrons. The van der Waals surface area contributed by atoms with Gasteiger partial charge in [0.25, 0.3) is 0 Å². The van der Waals surface area contributed by atoms with Crippen molar-refractivity contribution in [3.63, 3.8) is 0 Å². The molecule has 0 bridgehead atoms. The molecule has 0 spiro atoms. The smallest absolute Gasteiger partial charge is 0.315 e. The molecule has 6 heteroatoms. The summed E-state index contributed by atoms with van der Waals surface area (Å²) < 4.78 is 0. The van der Waals surface area contributed by atoms with Crippen LogP contribution in [-0.4, -0.2) is 40.2 Å². The maximum atomic E-state index is 12.1. The van der Waals surface area contributed by atoms with Crippen molar-refractivity contribution < 1.29 is 14.7 Å². The Morgan fingerprint density at radius 3 is 2.71 bits per heavy atom. The third kappa shape index (κ3) is 3.84. The molecular formula is C15H26N2O3S. The van der Waals surface area contributed by atoms with Crippen molar-refractivity contribution in [3.8, 4) is 0 Å². The van der Waals surface area contributed by atoms with E-state index >= 15 is 0 Å². The van der Waals surface area contributed by atoms with Crippen molar-refractivity contribution in [2.75, 3.05) is 5.75 Å². The fourth-order valence-electron chi connectivity index (χ4n) is 3.50. The van der Waals surface area contributed by atoms with E-state index in [2.05, 4.69) is 17.6 Å². The van der Waals surface area contributed by atoms with Gasteiger partial charge in [-0.3, -0.25) is 4.79 Å². The second-order valence-corrected chi connectivity index (χ2v) is 7.95. The first kappa shape index (κ1) is 16.5. The standard InChI is InChI=1S/C15H26N2O3S/c1-3-21-11-7-6-10(9-11)16-14(20)17-12-5-4-8-15(12,2)13(18)19/h10-12H,3-9H2,1-2H3,(H,18,19)(H2,16,17,20). The lowest BCUT2D eigenvalue weighted by atomic mass is 9.85. The number of urea groups is 1. The van der Waals surface area contributed by atoms with Crippen LogP contribution in [0.4, 0.5) is 4.79 Å². The van der Waals surface area contributed by atoms with E-state index < -0.39 is 11.4 Å². The third-order valence-electron chi connectivity index (χ3n) is 4.87. The molecule has 120 valence electrons. The first-order valence-corrected chi connectivity index (χ1v) is 8.92. The summed E-state index contributed by atoms with van der Waals surface area (Å²) in [6, 6.07) is -0.245. The van der Waals surface area contributed by atoms with Gasteiger partial charge in [-0.25, -0.2) is 4.79 Å². The molecule has 0 heterocycles. The fourth-order valence-corrected chi connectivity index (χ4v) is 4.64. The van der Waals surface area contributed by atoms with E-state index in [0.29, 0.717) is 11.7 Å². The van der Waals surface area contributed by atoms with Crippen LogP contribution in [0.25, 0.3) is 0 Å². The van der Waals surface area contributed by atoms with E-state index in [9.17, 15) is 14.7 Å². The lowest BCUT2D eigenvalue weighted by molar-refractivity contribution is -0.148. The molecule has 2 rings (SSSR count). The Morgan fingerprint density at radius 2 is 2.05 bits per heavy atom. The Balaban J connectivity index is 1.81. The number of thioether (sulfide) groups is 1. The van der Waals surface area contributed by atoms with Crippen LogP contribution < -0.4 is 10.6 Å². The number of carbonyl (C=O) groups excluding carboxylic acids is 1. The van der Waals surface area contributed by atoms with Crippen LogP contribution in [0, 0.1) is 5.41 Å². The highest BCUT2D eigenvalue weighted by atomic mass is 32.2. The van der Waals surface area contributed by atoms with E-state index in [1.165, 1.54) is 0 Å². The van der Waals surface area contributed by atoms with Gasteiger partial charge in [-0.05, 0) is 44.8 Å². The Labute approximate surface area is 130 Å². The predicted molar refractivity (Wildman–Crippen MR) is 84.6 cm³/mol. The van der Waals surface area contributed by atoms with Gasteiger partial charge in [0, 0.05) is 17.3 Å². The van der Waals surface area contributed by atoms with Gasteiger partial charge in [-0.2, -0.15) is 11.8 Å². The van der Waals surface area contributed by atoms with Gasteiger partial charge in [-0.1, -0.05) is 13.3 Å². The molecule has 2 aliphatic carbocycles. The van der Waals surface area contributed by atoms with Crippen LogP contribution in [0.2, 0.25) is 0 Å². The SMILES string of the molecule is CCSC1CCC(NC(=O)NC2CCCC2(C)C(=O)O)C1. The molecule has 0 aliphatic heterocycles. The van der Waals surface area contributed by atoms with Gasteiger partial charge in [0.05, 0.1) is 5.41 Å². The van der Waals surface area contributed by atoms with Gasteiger partial charge >= 0.3 is 12.0 Å². The molecule has 4 atom stereocenters. The zero-order chi connectivity index (χ0) is 15.5. The molecule has 2 aliphatic rings. The molecule has 0 saturated heterocycles.